The first kappa shape index (κ1) is 16.9. The number of ether oxygens (including phenoxy) is 1. The van der Waals surface area contributed by atoms with E-state index in [-0.39, 0.29) is 13.2 Å². The van der Waals surface area contributed by atoms with E-state index in [0.29, 0.717) is 7.11 Å². The van der Waals surface area contributed by atoms with Crippen LogP contribution in [-0.2, 0) is 9.68 Å². The van der Waals surface area contributed by atoms with Gasteiger partial charge in [0.25, 0.3) is 0 Å². The van der Waals surface area contributed by atoms with Crippen molar-refractivity contribution in [3.8, 4) is 0 Å². The van der Waals surface area contributed by atoms with Gasteiger partial charge in [-0.05, 0) is 4.53 Å². The normalized spacial score (nSPS) is 15.2. The fourth-order valence-electron chi connectivity index (χ4n) is 0.281. The van der Waals surface area contributed by atoms with E-state index in [1.54, 1.807) is 0 Å². The van der Waals surface area contributed by atoms with Crippen molar-refractivity contribution >= 4 is 0 Å². The molecule has 0 bridgehead atoms. The van der Waals surface area contributed by atoms with Gasteiger partial charge in [-0.3, -0.25) is 0 Å². The van der Waals surface area contributed by atoms with Crippen LogP contribution in [0.4, 0.5) is 26.5 Å². The molecule has 0 saturated carbocycles. The molecule has 3 nitrogen and oxygen atoms in total. The van der Waals surface area contributed by atoms with E-state index in [4.69, 9.17) is 5.11 Å². The molecule has 0 heterocycles. The number of halogens is 6. The van der Waals surface area contributed by atoms with Crippen molar-refractivity contribution in [2.75, 3.05) is 27.0 Å². The van der Waals surface area contributed by atoms with Crippen LogP contribution in [-0.4, -0.2) is 44.1 Å². The summed E-state index contributed by atoms with van der Waals surface area (Å²) in [6.07, 6.45) is -5.31. The predicted octanol–water partition coefficient (Wildman–Crippen LogP) is 1.71. The minimum Gasteiger partial charge on any atom is -0.394 e. The number of aliphatic hydroxyl groups is 1. The second kappa shape index (κ2) is 7.71. The fourth-order valence-corrected chi connectivity index (χ4v) is 0.281. The predicted molar refractivity (Wildman–Crippen MR) is 37.0 cm³/mol. The third-order valence-electron chi connectivity index (χ3n) is 1.09. The van der Waals surface area contributed by atoms with Crippen molar-refractivity contribution in [2.24, 2.45) is 0 Å². The van der Waals surface area contributed by atoms with Crippen LogP contribution in [0.2, 0.25) is 0 Å². The van der Waals surface area contributed by atoms with E-state index in [2.05, 4.69) is 9.68 Å². The Morgan fingerprint density at radius 2 is 1.67 bits per heavy atom. The van der Waals surface area contributed by atoms with Crippen LogP contribution in [0.5, 0.6) is 0 Å². The average Bonchev–Trinajstić information content (AvgIpc) is 2.17. The van der Waals surface area contributed by atoms with Crippen LogP contribution >= 0.6 is 0 Å². The molecule has 94 valence electrons. The highest BCUT2D eigenvalue weighted by atomic mass is 19.4. The molecule has 0 radical (unpaired) electrons. The second-order valence-corrected chi connectivity index (χ2v) is 2.10. The third kappa shape index (κ3) is 6.52. The highest BCUT2D eigenvalue weighted by molar-refractivity contribution is 4.75. The Balaban J connectivity index is 0. The molecule has 0 aromatic heterocycles. The lowest BCUT2D eigenvalue weighted by molar-refractivity contribution is -0.328. The van der Waals surface area contributed by atoms with Crippen molar-refractivity contribution in [2.45, 2.75) is 12.0 Å². The number of alkyl halides is 5. The molecule has 9 heteroatoms. The zero-order valence-corrected chi connectivity index (χ0v) is 7.65. The monoisotopic (exact) mass is 244 g/mol. The van der Waals surface area contributed by atoms with Crippen molar-refractivity contribution in [3.63, 3.8) is 0 Å². The topological polar surface area (TPSA) is 38.7 Å². The molecule has 1 N–H and O–H groups in total. The van der Waals surface area contributed by atoms with E-state index in [0.717, 1.165) is 0 Å². The van der Waals surface area contributed by atoms with Gasteiger partial charge < -0.3 is 9.84 Å². The fraction of sp³-hybridized carbons (Fsp3) is 1.00. The van der Waals surface area contributed by atoms with Gasteiger partial charge in [-0.25, -0.2) is 4.39 Å². The molecule has 0 rings (SSSR count). The highest BCUT2D eigenvalue weighted by Crippen LogP contribution is 2.34. The molecule has 0 aromatic carbocycles. The summed E-state index contributed by atoms with van der Waals surface area (Å²) in [6.45, 7) is -2.70. The molecule has 0 aromatic rings. The van der Waals surface area contributed by atoms with Crippen LogP contribution in [0.15, 0.2) is 0 Å². The van der Waals surface area contributed by atoms with E-state index in [1.165, 1.54) is 0 Å². The molecule has 0 aliphatic heterocycles. The van der Waals surface area contributed by atoms with Crippen LogP contribution in [0, 0.1) is 0 Å². The molecule has 0 amide bonds. The lowest BCUT2D eigenvalue weighted by Crippen LogP contribution is -2.44. The van der Waals surface area contributed by atoms with Crippen molar-refractivity contribution in [1.29, 1.82) is 0 Å². The number of methoxy groups -OCH3 is 1. The Morgan fingerprint density at radius 1 is 1.20 bits per heavy atom. The number of hydrogen-bond donors (Lipinski definition) is 1. The zero-order chi connectivity index (χ0) is 12.5. The Labute approximate surface area is 81.5 Å². The van der Waals surface area contributed by atoms with Gasteiger partial charge in [0.05, 0.1) is 6.61 Å². The number of hydrogen-bond acceptors (Lipinski definition) is 3. The molecule has 0 aliphatic rings. The van der Waals surface area contributed by atoms with Gasteiger partial charge in [-0.1, -0.05) is 0 Å². The minimum absolute atomic E-state index is 0.222. The first-order valence-electron chi connectivity index (χ1n) is 3.50. The first-order valence-corrected chi connectivity index (χ1v) is 3.50. The largest absolute Gasteiger partial charge is 0.451 e. The van der Waals surface area contributed by atoms with Gasteiger partial charge in [0, 0.05) is 7.11 Å². The summed E-state index contributed by atoms with van der Waals surface area (Å²) >= 11 is 0. The van der Waals surface area contributed by atoms with Crippen molar-refractivity contribution in [1.82, 2.24) is 0 Å². The average molecular weight is 244 g/mol. The summed E-state index contributed by atoms with van der Waals surface area (Å²) in [5.74, 6) is -4.15. The Hall–Kier alpha value is -0.540. The molecule has 0 fully saturated rings. The highest BCUT2D eigenvalue weighted by Gasteiger charge is 2.57. The van der Waals surface area contributed by atoms with Gasteiger partial charge in [0.1, 0.15) is 6.61 Å². The SMILES string of the molecule is COC(F)(CF)C(F)(F)F.OCCOF. The van der Waals surface area contributed by atoms with E-state index >= 15 is 0 Å². The quantitative estimate of drug-likeness (QED) is 0.765. The second-order valence-electron chi connectivity index (χ2n) is 2.10. The molecule has 1 unspecified atom stereocenters. The van der Waals surface area contributed by atoms with Gasteiger partial charge in [0.15, 0.2) is 6.67 Å². The van der Waals surface area contributed by atoms with Gasteiger partial charge in [0.2, 0.25) is 0 Å². The van der Waals surface area contributed by atoms with Crippen LogP contribution in [0.1, 0.15) is 0 Å². The van der Waals surface area contributed by atoms with Gasteiger partial charge >= 0.3 is 12.0 Å². The minimum atomic E-state index is -5.31. The van der Waals surface area contributed by atoms with E-state index < -0.39 is 18.7 Å². The maximum Gasteiger partial charge on any atom is 0.451 e. The standard InChI is InChI=1S/C4H5F5O.C2H5FO2/c1-10-3(6,2-5)4(7,8)9;3-5-2-1-4/h2H2,1H3;4H,1-2H2. The number of rotatable bonds is 4. The lowest BCUT2D eigenvalue weighted by Gasteiger charge is -2.22. The smallest absolute Gasteiger partial charge is 0.394 e. The molecule has 0 spiro atoms. The zero-order valence-electron chi connectivity index (χ0n) is 7.65. The third-order valence-corrected chi connectivity index (χ3v) is 1.09. The number of aliphatic hydroxyl groups excluding tert-OH is 1. The van der Waals surface area contributed by atoms with Gasteiger partial charge in [-0.15, -0.1) is 0 Å². The molecular weight excluding hydrogens is 234 g/mol. The molecular formula is C6H10F6O3. The lowest BCUT2D eigenvalue weighted by atomic mass is 10.3. The van der Waals surface area contributed by atoms with Crippen molar-refractivity contribution in [3.05, 3.63) is 0 Å². The molecule has 0 saturated heterocycles. The van der Waals surface area contributed by atoms with E-state index in [9.17, 15) is 26.5 Å². The van der Waals surface area contributed by atoms with Crippen LogP contribution in [0.25, 0.3) is 0 Å². The summed E-state index contributed by atoms with van der Waals surface area (Å²) in [4.78, 5) is 2.94. The molecule has 0 aliphatic carbocycles. The summed E-state index contributed by atoms with van der Waals surface area (Å²) in [6, 6.07) is 0. The molecule has 15 heavy (non-hydrogen) atoms. The summed E-state index contributed by atoms with van der Waals surface area (Å²) in [7, 11) is 0.451. The Kier molecular flexibility index (Phi) is 8.68. The first-order chi connectivity index (χ1) is 6.79. The van der Waals surface area contributed by atoms with Gasteiger partial charge in [-0.2, -0.15) is 22.5 Å². The summed E-state index contributed by atoms with van der Waals surface area (Å²) in [5.41, 5.74) is 0. The van der Waals surface area contributed by atoms with Crippen LogP contribution < -0.4 is 0 Å². The summed E-state index contributed by atoms with van der Waals surface area (Å²) in [5, 5.41) is 7.70. The maximum absolute atomic E-state index is 12.0. The van der Waals surface area contributed by atoms with Crippen LogP contribution in [0.3, 0.4) is 0 Å². The van der Waals surface area contributed by atoms with Crippen molar-refractivity contribution < 1.29 is 41.3 Å². The molecule has 1 atom stereocenters. The Bertz CT molecular complexity index is 144. The summed E-state index contributed by atoms with van der Waals surface area (Å²) < 4.78 is 71.1. The maximum atomic E-state index is 12.0. The van der Waals surface area contributed by atoms with E-state index in [1.807, 2.05) is 0 Å². The Morgan fingerprint density at radius 3 is 1.67 bits per heavy atom.